The molecule has 0 spiro atoms. The quantitative estimate of drug-likeness (QED) is 0.120. The van der Waals surface area contributed by atoms with Crippen molar-refractivity contribution >= 4 is 132 Å². The van der Waals surface area contributed by atoms with Gasteiger partial charge in [0.2, 0.25) is 0 Å². The Morgan fingerprint density at radius 1 is 0.481 bits per heavy atom. The van der Waals surface area contributed by atoms with Crippen LogP contribution in [0.4, 0.5) is 0 Å². The van der Waals surface area contributed by atoms with Crippen LogP contribution in [0.5, 0.6) is 0 Å². The van der Waals surface area contributed by atoms with Gasteiger partial charge in [-0.2, -0.15) is 0 Å². The van der Waals surface area contributed by atoms with E-state index < -0.39 is 0 Å². The van der Waals surface area contributed by atoms with Crippen molar-refractivity contribution in [2.24, 2.45) is 9.98 Å². The van der Waals surface area contributed by atoms with Crippen molar-refractivity contribution in [1.29, 1.82) is 0 Å². The first-order valence-corrected chi connectivity index (χ1v) is 27.5. The molecule has 0 bridgehead atoms. The maximum atomic E-state index is 5.65. The summed E-state index contributed by atoms with van der Waals surface area (Å²) in [5.41, 5.74) is 13.7. The summed E-state index contributed by atoms with van der Waals surface area (Å²) in [4.78, 5) is 28.3. The Bertz CT molecular complexity index is 3990. The van der Waals surface area contributed by atoms with Gasteiger partial charge < -0.3 is 28.8 Å². The molecule has 77 heavy (non-hydrogen) atoms. The second-order valence-corrected chi connectivity index (χ2v) is 20.0. The molecule has 2 aliphatic rings. The lowest BCUT2D eigenvalue weighted by Crippen LogP contribution is -1.81. The number of thiazole rings is 1. The van der Waals surface area contributed by atoms with Gasteiger partial charge >= 0.3 is 0 Å². The number of thiophene rings is 2. The van der Waals surface area contributed by atoms with E-state index in [0.29, 0.717) is 0 Å². The summed E-state index contributed by atoms with van der Waals surface area (Å²) in [5, 5.41) is 16.4. The number of benzene rings is 6. The van der Waals surface area contributed by atoms with Crippen molar-refractivity contribution in [3.05, 3.63) is 252 Å². The number of pyridine rings is 1. The fourth-order valence-electron chi connectivity index (χ4n) is 8.95. The Morgan fingerprint density at radius 2 is 1.06 bits per heavy atom. The average Bonchev–Trinajstić information content (AvgIpc) is 4.35. The monoisotopic (exact) mass is 1060 g/mol. The third kappa shape index (κ3) is 12.1. The Labute approximate surface area is 454 Å². The van der Waals surface area contributed by atoms with Gasteiger partial charge in [-0.3, -0.25) is 15.0 Å². The molecule has 18 rings (SSSR count). The molecule has 0 atom stereocenters. The first-order chi connectivity index (χ1) is 38.2. The number of rotatable bonds is 0. The van der Waals surface area contributed by atoms with Gasteiger partial charge in [0.1, 0.15) is 17.5 Å². The maximum absolute atomic E-state index is 5.65. The van der Waals surface area contributed by atoms with E-state index in [4.69, 9.17) is 4.42 Å². The van der Waals surface area contributed by atoms with Crippen molar-refractivity contribution in [3.8, 4) is 11.3 Å². The highest BCUT2D eigenvalue weighted by atomic mass is 32.1. The largest absolute Gasteiger partial charge is 0.473 e. The average molecular weight is 1060 g/mol. The summed E-state index contributed by atoms with van der Waals surface area (Å²) < 4.78 is 13.1. The lowest BCUT2D eigenvalue weighted by Gasteiger charge is -1.96. The molecule has 376 valence electrons. The maximum Gasteiger partial charge on any atom is 0.135 e. The summed E-state index contributed by atoms with van der Waals surface area (Å²) in [6, 6.07) is 58.2. The molecule has 0 amide bonds. The molecular formula is C64H50N8O2S3. The van der Waals surface area contributed by atoms with E-state index in [1.54, 1.807) is 48.1 Å². The van der Waals surface area contributed by atoms with Gasteiger partial charge in [-0.25, -0.2) is 4.99 Å². The lowest BCUT2D eigenvalue weighted by atomic mass is 10.1. The van der Waals surface area contributed by atoms with Crippen molar-refractivity contribution < 1.29 is 8.83 Å². The van der Waals surface area contributed by atoms with E-state index in [-0.39, 0.29) is 0 Å². The van der Waals surface area contributed by atoms with Crippen molar-refractivity contribution in [3.63, 3.8) is 0 Å². The van der Waals surface area contributed by atoms with E-state index in [9.17, 15) is 0 Å². The van der Waals surface area contributed by atoms with Gasteiger partial charge in [-0.15, -0.1) is 34.0 Å². The standard InChI is InChI=1S/C12H9N.C12H8O.2C10H8N2.C10H6S2.C4H4O.C3H4N2.C3H3NS/c1-2-6-11-9(4-1)8-10-5-3-7-13-12(10)11;1-3-7-11-9(5-1)10-6-2-4-8-12(10)13-11;1-3-11-9-6-10-8(2-4-12-10)5-7(1)9;2*1-2-8-4-6-12-10(8)9-7(1)3-5-11-9;1-2-4-5-3-1;2*1-2-5-3-4-1/h1-7H,8H2;1-8H;2*1-6,11-12H;1-6H;1-4H;1,3H,2H2;1-3H. The number of nitrogens with one attached hydrogen (secondary N) is 4. The van der Waals surface area contributed by atoms with Crippen LogP contribution >= 0.6 is 34.0 Å². The van der Waals surface area contributed by atoms with Crippen molar-refractivity contribution in [2.75, 3.05) is 6.54 Å². The van der Waals surface area contributed by atoms with Crippen LogP contribution < -0.4 is 0 Å². The summed E-state index contributed by atoms with van der Waals surface area (Å²) in [6.07, 6.45) is 19.1. The molecule has 16 aromatic rings. The number of para-hydroxylation sites is 2. The summed E-state index contributed by atoms with van der Waals surface area (Å²) >= 11 is 5.27. The normalized spacial score (nSPS) is 11.4. The Morgan fingerprint density at radius 3 is 1.61 bits per heavy atom. The van der Waals surface area contributed by atoms with Crippen LogP contribution in [0.3, 0.4) is 0 Å². The second kappa shape index (κ2) is 24.8. The smallest absolute Gasteiger partial charge is 0.135 e. The summed E-state index contributed by atoms with van der Waals surface area (Å²) in [7, 11) is 0. The van der Waals surface area contributed by atoms with Crippen LogP contribution in [0.1, 0.15) is 11.1 Å². The number of hydrogen-bond donors (Lipinski definition) is 4. The summed E-state index contributed by atoms with van der Waals surface area (Å²) in [5.74, 6) is 0. The van der Waals surface area contributed by atoms with Gasteiger partial charge in [0.15, 0.2) is 0 Å². The summed E-state index contributed by atoms with van der Waals surface area (Å²) in [6.45, 7) is 0.778. The molecule has 0 saturated heterocycles. The topological polar surface area (TPSA) is 140 Å². The van der Waals surface area contributed by atoms with Crippen LogP contribution in [-0.4, -0.2) is 49.0 Å². The van der Waals surface area contributed by atoms with Crippen LogP contribution in [0, 0.1) is 0 Å². The molecule has 0 saturated carbocycles. The zero-order chi connectivity index (χ0) is 51.9. The highest BCUT2D eigenvalue weighted by Crippen LogP contribution is 2.35. The number of hydrogen-bond acceptors (Lipinski definition) is 9. The van der Waals surface area contributed by atoms with E-state index >= 15 is 0 Å². The molecule has 10 aromatic heterocycles. The Hall–Kier alpha value is -9.40. The molecule has 0 unspecified atom stereocenters. The third-order valence-corrected chi connectivity index (χ3v) is 15.1. The molecule has 11 heterocycles. The minimum atomic E-state index is 0.778. The molecule has 4 N–H and O–H groups in total. The zero-order valence-electron chi connectivity index (χ0n) is 41.5. The van der Waals surface area contributed by atoms with Crippen LogP contribution in [0.2, 0.25) is 0 Å². The van der Waals surface area contributed by atoms with Gasteiger partial charge in [0.05, 0.1) is 50.7 Å². The van der Waals surface area contributed by atoms with Gasteiger partial charge in [0.25, 0.3) is 0 Å². The second-order valence-electron chi connectivity index (χ2n) is 17.4. The van der Waals surface area contributed by atoms with Crippen molar-refractivity contribution in [2.45, 2.75) is 6.42 Å². The number of aromatic nitrogens is 6. The van der Waals surface area contributed by atoms with Crippen LogP contribution in [0.15, 0.2) is 260 Å². The number of fused-ring (bicyclic) bond motifs is 14. The highest BCUT2D eigenvalue weighted by Gasteiger charge is 2.17. The van der Waals surface area contributed by atoms with E-state index in [1.807, 2.05) is 114 Å². The lowest BCUT2D eigenvalue weighted by molar-refractivity contribution is 0.567. The van der Waals surface area contributed by atoms with Gasteiger partial charge in [-0.1, -0.05) is 91.0 Å². The third-order valence-electron chi connectivity index (χ3n) is 12.6. The predicted molar refractivity (Wildman–Crippen MR) is 326 cm³/mol. The first-order valence-electron chi connectivity index (χ1n) is 24.8. The molecular weight excluding hydrogens is 1010 g/mol. The van der Waals surface area contributed by atoms with Crippen LogP contribution in [0.25, 0.3) is 97.0 Å². The number of aromatic amines is 4. The molecule has 10 nitrogen and oxygen atoms in total. The highest BCUT2D eigenvalue weighted by molar-refractivity contribution is 7.25. The molecule has 1 aliphatic carbocycles. The fourth-order valence-corrected chi connectivity index (χ4v) is 11.3. The Balaban J connectivity index is 0.0000000959. The Kier molecular flexibility index (Phi) is 16.0. The first kappa shape index (κ1) is 49.8. The SMILES string of the molecule is C1=NC=NC1.c1cc2cc3cc[nH]c3cc2[nH]1.c1cc2ccc3cc[nH]c3c2[nH]1.c1cc2ccc3ccsc3c2s1.c1ccc2c(c1)Cc1cccnc1-2.c1ccc2c(c1)oc1ccccc12.c1ccoc1.c1cscn1. The minimum absolute atomic E-state index is 0.778. The molecule has 13 heteroatoms. The van der Waals surface area contributed by atoms with E-state index in [0.717, 1.165) is 29.8 Å². The number of furan rings is 2. The number of H-pyrrole nitrogens is 4. The molecule has 0 radical (unpaired) electrons. The fraction of sp³-hybridized carbons (Fsp3) is 0.0312. The van der Waals surface area contributed by atoms with Gasteiger partial charge in [0, 0.05) is 104 Å². The number of aliphatic imine (C=N–C) groups is 2. The number of nitrogens with zero attached hydrogens (tertiary/aromatic N) is 4. The van der Waals surface area contributed by atoms with Crippen molar-refractivity contribution in [1.82, 2.24) is 29.9 Å². The zero-order valence-corrected chi connectivity index (χ0v) is 43.9. The van der Waals surface area contributed by atoms with E-state index in [1.165, 1.54) is 91.2 Å². The minimum Gasteiger partial charge on any atom is -0.473 e. The van der Waals surface area contributed by atoms with Gasteiger partial charge in [-0.05, 0) is 112 Å². The predicted octanol–water partition coefficient (Wildman–Crippen LogP) is 18.2. The molecule has 0 fully saturated rings. The van der Waals surface area contributed by atoms with E-state index in [2.05, 4.69) is 170 Å². The van der Waals surface area contributed by atoms with Crippen LogP contribution in [-0.2, 0) is 6.42 Å². The molecule has 6 aromatic carbocycles. The molecule has 1 aliphatic heterocycles.